The van der Waals surface area contributed by atoms with Crippen LogP contribution in [0.5, 0.6) is 5.75 Å². The van der Waals surface area contributed by atoms with Gasteiger partial charge in [-0.05, 0) is 19.9 Å². The average molecular weight is 256 g/mol. The van der Waals surface area contributed by atoms with Gasteiger partial charge in [0.05, 0.1) is 12.6 Å². The molecule has 98 valence electrons. The maximum absolute atomic E-state index is 12.1. The van der Waals surface area contributed by atoms with Crippen LogP contribution in [0.4, 0.5) is 4.79 Å². The van der Waals surface area contributed by atoms with Crippen molar-refractivity contribution in [1.82, 2.24) is 10.2 Å². The van der Waals surface area contributed by atoms with Crippen LogP contribution in [0, 0.1) is 19.3 Å². The van der Waals surface area contributed by atoms with E-state index in [0.29, 0.717) is 6.42 Å². The van der Waals surface area contributed by atoms with Gasteiger partial charge >= 0.3 is 6.03 Å². The summed E-state index contributed by atoms with van der Waals surface area (Å²) in [6.07, 6.45) is 6.04. The zero-order valence-corrected chi connectivity index (χ0v) is 11.1. The first kappa shape index (κ1) is 11.9. The van der Waals surface area contributed by atoms with Crippen molar-refractivity contribution in [3.8, 4) is 18.1 Å². The zero-order valence-electron chi connectivity index (χ0n) is 11.1. The summed E-state index contributed by atoms with van der Waals surface area (Å²) in [5.41, 5.74) is 1.54. The van der Waals surface area contributed by atoms with E-state index in [1.807, 2.05) is 26.0 Å². The molecule has 2 amide bonds. The Morgan fingerprint density at radius 1 is 1.63 bits per heavy atom. The lowest BCUT2D eigenvalue weighted by atomic mass is 9.89. The summed E-state index contributed by atoms with van der Waals surface area (Å²) in [6.45, 7) is 4.19. The van der Waals surface area contributed by atoms with Crippen molar-refractivity contribution in [2.75, 3.05) is 6.54 Å². The van der Waals surface area contributed by atoms with Gasteiger partial charge in [0.15, 0.2) is 5.72 Å². The molecule has 2 aliphatic rings. The second-order valence-corrected chi connectivity index (χ2v) is 5.31. The van der Waals surface area contributed by atoms with Crippen molar-refractivity contribution in [1.29, 1.82) is 0 Å². The fraction of sp³-hybridized carbons (Fsp3) is 0.400. The number of nitrogens with zero attached hydrogens (tertiary/aromatic N) is 1. The van der Waals surface area contributed by atoms with Gasteiger partial charge in [0.2, 0.25) is 0 Å². The number of aryl methyl sites for hydroxylation is 1. The number of rotatable bonds is 1. The normalized spacial score (nSPS) is 27.9. The molecule has 1 fully saturated rings. The Labute approximate surface area is 112 Å². The summed E-state index contributed by atoms with van der Waals surface area (Å²) in [5.74, 6) is 3.34. The van der Waals surface area contributed by atoms with Crippen molar-refractivity contribution < 1.29 is 9.53 Å². The Kier molecular flexibility index (Phi) is 2.46. The first-order chi connectivity index (χ1) is 9.03. The average Bonchev–Trinajstić information content (AvgIpc) is 2.35. The Balaban J connectivity index is 2.06. The fourth-order valence-corrected chi connectivity index (χ4v) is 2.87. The highest BCUT2D eigenvalue weighted by atomic mass is 16.5. The third-order valence-electron chi connectivity index (χ3n) is 3.82. The topological polar surface area (TPSA) is 41.6 Å². The van der Waals surface area contributed by atoms with Gasteiger partial charge in [-0.1, -0.05) is 23.6 Å². The second kappa shape index (κ2) is 3.92. The molecule has 2 heterocycles. The van der Waals surface area contributed by atoms with E-state index in [4.69, 9.17) is 11.2 Å². The predicted octanol–water partition coefficient (Wildman–Crippen LogP) is 2.19. The fourth-order valence-electron chi connectivity index (χ4n) is 2.87. The number of fused-ring (bicyclic) bond motifs is 4. The summed E-state index contributed by atoms with van der Waals surface area (Å²) >= 11 is 0. The maximum atomic E-state index is 12.1. The molecule has 2 bridgehead atoms. The molecule has 2 aliphatic heterocycles. The number of nitrogens with one attached hydrogen (secondary N) is 1. The monoisotopic (exact) mass is 256 g/mol. The summed E-state index contributed by atoms with van der Waals surface area (Å²) in [7, 11) is 0. The molecule has 4 nitrogen and oxygen atoms in total. The number of ether oxygens (including phenoxy) is 1. The lowest BCUT2D eigenvalue weighted by molar-refractivity contribution is -0.0779. The maximum Gasteiger partial charge on any atom is 0.321 e. The first-order valence-corrected chi connectivity index (χ1v) is 6.35. The largest absolute Gasteiger partial charge is 0.468 e. The van der Waals surface area contributed by atoms with Gasteiger partial charge in [0, 0.05) is 12.0 Å². The Morgan fingerprint density at radius 2 is 2.42 bits per heavy atom. The summed E-state index contributed by atoms with van der Waals surface area (Å²) in [6, 6.07) is 5.87. The summed E-state index contributed by atoms with van der Waals surface area (Å²) in [5, 5.41) is 3.00. The number of hydrogen-bond acceptors (Lipinski definition) is 2. The minimum Gasteiger partial charge on any atom is -0.468 e. The van der Waals surface area contributed by atoms with E-state index in [2.05, 4.69) is 17.3 Å². The lowest BCUT2D eigenvalue weighted by Crippen LogP contribution is -2.64. The van der Waals surface area contributed by atoms with E-state index < -0.39 is 5.72 Å². The van der Waals surface area contributed by atoms with Gasteiger partial charge in [-0.25, -0.2) is 4.79 Å². The van der Waals surface area contributed by atoms with E-state index in [1.165, 1.54) is 0 Å². The molecule has 0 radical (unpaired) electrons. The predicted molar refractivity (Wildman–Crippen MR) is 71.6 cm³/mol. The van der Waals surface area contributed by atoms with Crippen LogP contribution in [-0.2, 0) is 0 Å². The highest BCUT2D eigenvalue weighted by Crippen LogP contribution is 2.43. The van der Waals surface area contributed by atoms with Crippen LogP contribution in [0.25, 0.3) is 0 Å². The minimum absolute atomic E-state index is 0.00447. The molecule has 4 heteroatoms. The lowest BCUT2D eigenvalue weighted by Gasteiger charge is -2.50. The Hall–Kier alpha value is -2.15. The molecule has 3 rings (SSSR count). The molecule has 1 N–H and O–H groups in total. The number of urea groups is 1. The highest BCUT2D eigenvalue weighted by Gasteiger charge is 2.48. The van der Waals surface area contributed by atoms with Gasteiger partial charge in [-0.15, -0.1) is 6.42 Å². The SMILES string of the molecule is C#CCN1C(=O)NC2CC1(C)Oc1ccc(C)cc12. The molecular formula is C15H16N2O2. The molecular weight excluding hydrogens is 240 g/mol. The van der Waals surface area contributed by atoms with Gasteiger partial charge in [0.25, 0.3) is 0 Å². The second-order valence-electron chi connectivity index (χ2n) is 5.31. The Bertz CT molecular complexity index is 590. The van der Waals surface area contributed by atoms with E-state index in [-0.39, 0.29) is 18.6 Å². The number of benzene rings is 1. The summed E-state index contributed by atoms with van der Waals surface area (Å²) < 4.78 is 6.05. The molecule has 2 atom stereocenters. The van der Waals surface area contributed by atoms with Crippen molar-refractivity contribution in [2.45, 2.75) is 32.0 Å². The van der Waals surface area contributed by atoms with Crippen LogP contribution in [-0.4, -0.2) is 23.2 Å². The molecule has 0 saturated carbocycles. The molecule has 0 aromatic heterocycles. The standard InChI is InChI=1S/C15H16N2O2/c1-4-7-17-14(18)16-12-9-15(17,3)19-13-6-5-10(2)8-11(12)13/h1,5-6,8,12H,7,9H2,2-3H3,(H,16,18). The van der Waals surface area contributed by atoms with Crippen LogP contribution >= 0.6 is 0 Å². The number of terminal acetylenes is 1. The molecule has 2 unspecified atom stereocenters. The third kappa shape index (κ3) is 1.74. The quantitative estimate of drug-likeness (QED) is 0.783. The van der Waals surface area contributed by atoms with E-state index in [1.54, 1.807) is 4.90 Å². The molecule has 1 aromatic carbocycles. The van der Waals surface area contributed by atoms with Crippen LogP contribution in [0.2, 0.25) is 0 Å². The summed E-state index contributed by atoms with van der Waals surface area (Å²) in [4.78, 5) is 13.7. The van der Waals surface area contributed by atoms with Crippen molar-refractivity contribution in [2.24, 2.45) is 0 Å². The molecule has 1 aromatic rings. The van der Waals surface area contributed by atoms with Crippen molar-refractivity contribution in [3.63, 3.8) is 0 Å². The third-order valence-corrected chi connectivity index (χ3v) is 3.82. The molecule has 19 heavy (non-hydrogen) atoms. The number of carbonyl (C=O) groups excluding carboxylic acids is 1. The van der Waals surface area contributed by atoms with Crippen LogP contribution in [0.1, 0.15) is 30.5 Å². The molecule has 1 saturated heterocycles. The van der Waals surface area contributed by atoms with E-state index in [9.17, 15) is 4.79 Å². The van der Waals surface area contributed by atoms with E-state index >= 15 is 0 Å². The first-order valence-electron chi connectivity index (χ1n) is 6.35. The van der Waals surface area contributed by atoms with Gasteiger partial charge in [-0.2, -0.15) is 0 Å². The Morgan fingerprint density at radius 3 is 3.16 bits per heavy atom. The van der Waals surface area contributed by atoms with Crippen LogP contribution in [0.3, 0.4) is 0 Å². The minimum atomic E-state index is -0.665. The molecule has 0 aliphatic carbocycles. The van der Waals surface area contributed by atoms with Crippen molar-refractivity contribution >= 4 is 6.03 Å². The van der Waals surface area contributed by atoms with Crippen molar-refractivity contribution in [3.05, 3.63) is 29.3 Å². The van der Waals surface area contributed by atoms with Crippen LogP contribution < -0.4 is 10.1 Å². The van der Waals surface area contributed by atoms with E-state index in [0.717, 1.165) is 16.9 Å². The van der Waals surface area contributed by atoms with Crippen LogP contribution in [0.15, 0.2) is 18.2 Å². The number of amides is 2. The number of carbonyl (C=O) groups is 1. The highest BCUT2D eigenvalue weighted by molar-refractivity contribution is 5.77. The zero-order chi connectivity index (χ0) is 13.6. The molecule has 0 spiro atoms. The van der Waals surface area contributed by atoms with Gasteiger partial charge < -0.3 is 10.1 Å². The van der Waals surface area contributed by atoms with Gasteiger partial charge in [-0.3, -0.25) is 4.90 Å². The smallest absolute Gasteiger partial charge is 0.321 e. The van der Waals surface area contributed by atoms with Gasteiger partial charge in [0.1, 0.15) is 5.75 Å². The number of hydrogen-bond donors (Lipinski definition) is 1.